The van der Waals surface area contributed by atoms with E-state index in [1.165, 1.54) is 11.3 Å². The van der Waals surface area contributed by atoms with Crippen LogP contribution in [0, 0.1) is 0 Å². The molecule has 3 aromatic rings. The normalized spacial score (nSPS) is 12.0. The molecule has 0 fully saturated rings. The maximum Gasteiger partial charge on any atom is 0.206 e. The Bertz CT molecular complexity index is 794. The number of rotatable bonds is 5. The Hall–Kier alpha value is -1.99. The standard InChI is InChI=1S/C16H15BrN4OS/c1-10(11-6-7-14(22-2)12(17)9-11)19-16-21-20-15(23-16)13-5-3-4-8-18-13/h3-10H,1-2H3,(H,19,21). The highest BCUT2D eigenvalue weighted by molar-refractivity contribution is 9.10. The second-order valence-corrected chi connectivity index (χ2v) is 6.72. The lowest BCUT2D eigenvalue weighted by atomic mass is 10.1. The van der Waals surface area contributed by atoms with Crippen molar-refractivity contribution >= 4 is 32.4 Å². The van der Waals surface area contributed by atoms with Crippen LogP contribution in [0.2, 0.25) is 0 Å². The molecule has 0 aliphatic rings. The summed E-state index contributed by atoms with van der Waals surface area (Å²) in [5.41, 5.74) is 1.96. The fourth-order valence-electron chi connectivity index (χ4n) is 2.09. The predicted octanol–water partition coefficient (Wildman–Crippen LogP) is 4.54. The van der Waals surface area contributed by atoms with E-state index in [2.05, 4.69) is 43.4 Å². The van der Waals surface area contributed by atoms with Crippen LogP contribution in [0.3, 0.4) is 0 Å². The minimum absolute atomic E-state index is 0.0988. The van der Waals surface area contributed by atoms with Crippen LogP contribution in [0.25, 0.3) is 10.7 Å². The molecule has 0 spiro atoms. The highest BCUT2D eigenvalue weighted by atomic mass is 79.9. The van der Waals surface area contributed by atoms with E-state index in [0.29, 0.717) is 0 Å². The Morgan fingerprint density at radius 3 is 2.78 bits per heavy atom. The van der Waals surface area contributed by atoms with Crippen LogP contribution in [0.1, 0.15) is 18.5 Å². The average molecular weight is 391 g/mol. The van der Waals surface area contributed by atoms with Crippen molar-refractivity contribution in [2.24, 2.45) is 0 Å². The van der Waals surface area contributed by atoms with Crippen molar-refractivity contribution < 1.29 is 4.74 Å². The van der Waals surface area contributed by atoms with Gasteiger partial charge in [0.15, 0.2) is 5.01 Å². The summed E-state index contributed by atoms with van der Waals surface area (Å²) in [6.07, 6.45) is 1.75. The summed E-state index contributed by atoms with van der Waals surface area (Å²) in [4.78, 5) is 4.29. The molecule has 2 aromatic heterocycles. The summed E-state index contributed by atoms with van der Waals surface area (Å²) in [5.74, 6) is 0.814. The first-order valence-corrected chi connectivity index (χ1v) is 8.63. The lowest BCUT2D eigenvalue weighted by molar-refractivity contribution is 0.412. The zero-order chi connectivity index (χ0) is 16.2. The van der Waals surface area contributed by atoms with E-state index in [4.69, 9.17) is 4.74 Å². The number of pyridine rings is 1. The van der Waals surface area contributed by atoms with Crippen molar-refractivity contribution in [3.63, 3.8) is 0 Å². The zero-order valence-corrected chi connectivity index (χ0v) is 15.1. The van der Waals surface area contributed by atoms with Gasteiger partial charge in [-0.2, -0.15) is 0 Å². The Morgan fingerprint density at radius 2 is 2.09 bits per heavy atom. The second kappa shape index (κ2) is 7.06. The highest BCUT2D eigenvalue weighted by Crippen LogP contribution is 2.31. The molecule has 2 heterocycles. The summed E-state index contributed by atoms with van der Waals surface area (Å²) >= 11 is 5.00. The molecule has 1 unspecified atom stereocenters. The van der Waals surface area contributed by atoms with Gasteiger partial charge in [0.1, 0.15) is 11.4 Å². The average Bonchev–Trinajstić information content (AvgIpc) is 3.04. The number of hydrogen-bond donors (Lipinski definition) is 1. The summed E-state index contributed by atoms with van der Waals surface area (Å²) in [7, 11) is 1.65. The smallest absolute Gasteiger partial charge is 0.206 e. The lowest BCUT2D eigenvalue weighted by Crippen LogP contribution is -2.06. The fourth-order valence-corrected chi connectivity index (χ4v) is 3.46. The quantitative estimate of drug-likeness (QED) is 0.692. The number of aromatic nitrogens is 3. The summed E-state index contributed by atoms with van der Waals surface area (Å²) in [6.45, 7) is 2.08. The third-order valence-electron chi connectivity index (χ3n) is 3.32. The Labute approximate surface area is 146 Å². The molecule has 23 heavy (non-hydrogen) atoms. The first kappa shape index (κ1) is 15.9. The zero-order valence-electron chi connectivity index (χ0n) is 12.7. The number of ether oxygens (including phenoxy) is 1. The van der Waals surface area contributed by atoms with Crippen LogP contribution in [0.15, 0.2) is 47.1 Å². The van der Waals surface area contributed by atoms with Gasteiger partial charge in [0.2, 0.25) is 5.13 Å². The van der Waals surface area contributed by atoms with Gasteiger partial charge in [0.05, 0.1) is 17.6 Å². The van der Waals surface area contributed by atoms with Crippen molar-refractivity contribution in [1.29, 1.82) is 0 Å². The summed E-state index contributed by atoms with van der Waals surface area (Å²) < 4.78 is 6.18. The van der Waals surface area contributed by atoms with Gasteiger partial charge < -0.3 is 10.1 Å². The number of anilines is 1. The van der Waals surface area contributed by atoms with Crippen molar-refractivity contribution in [2.45, 2.75) is 13.0 Å². The van der Waals surface area contributed by atoms with Crippen molar-refractivity contribution in [1.82, 2.24) is 15.2 Å². The van der Waals surface area contributed by atoms with Gasteiger partial charge in [-0.3, -0.25) is 4.98 Å². The molecule has 3 rings (SSSR count). The van der Waals surface area contributed by atoms with Crippen LogP contribution < -0.4 is 10.1 Å². The van der Waals surface area contributed by atoms with Crippen molar-refractivity contribution in [2.75, 3.05) is 12.4 Å². The first-order valence-electron chi connectivity index (χ1n) is 7.02. The molecule has 1 atom stereocenters. The van der Waals surface area contributed by atoms with Crippen LogP contribution in [-0.2, 0) is 0 Å². The minimum atomic E-state index is 0.0988. The molecule has 0 saturated heterocycles. The molecular formula is C16H15BrN4OS. The van der Waals surface area contributed by atoms with Crippen LogP contribution in [-0.4, -0.2) is 22.3 Å². The monoisotopic (exact) mass is 390 g/mol. The van der Waals surface area contributed by atoms with Crippen LogP contribution in [0.5, 0.6) is 5.75 Å². The molecule has 0 amide bonds. The third-order valence-corrected chi connectivity index (χ3v) is 4.82. The number of benzene rings is 1. The SMILES string of the molecule is COc1ccc(C(C)Nc2nnc(-c3ccccn3)s2)cc1Br. The van der Waals surface area contributed by atoms with Gasteiger partial charge >= 0.3 is 0 Å². The second-order valence-electron chi connectivity index (χ2n) is 4.89. The topological polar surface area (TPSA) is 59.9 Å². The van der Waals surface area contributed by atoms with E-state index in [-0.39, 0.29) is 6.04 Å². The van der Waals surface area contributed by atoms with Gasteiger partial charge in [0.25, 0.3) is 0 Å². The maximum absolute atomic E-state index is 5.26. The van der Waals surface area contributed by atoms with Gasteiger partial charge in [-0.05, 0) is 52.7 Å². The maximum atomic E-state index is 5.26. The first-order chi connectivity index (χ1) is 11.2. The molecule has 1 N–H and O–H groups in total. The molecular weight excluding hydrogens is 376 g/mol. The predicted molar refractivity (Wildman–Crippen MR) is 95.9 cm³/mol. The van der Waals surface area contributed by atoms with E-state index in [1.807, 2.05) is 36.4 Å². The van der Waals surface area contributed by atoms with Gasteiger partial charge in [0, 0.05) is 6.20 Å². The molecule has 0 saturated carbocycles. The van der Waals surface area contributed by atoms with Gasteiger partial charge in [-0.25, -0.2) is 0 Å². The highest BCUT2D eigenvalue weighted by Gasteiger charge is 2.12. The fraction of sp³-hybridized carbons (Fsp3) is 0.188. The molecule has 0 aliphatic carbocycles. The largest absolute Gasteiger partial charge is 0.496 e. The number of nitrogens with one attached hydrogen (secondary N) is 1. The Kier molecular flexibility index (Phi) is 4.88. The van der Waals surface area contributed by atoms with E-state index >= 15 is 0 Å². The van der Waals surface area contributed by atoms with E-state index in [0.717, 1.165) is 31.6 Å². The van der Waals surface area contributed by atoms with Crippen LogP contribution >= 0.6 is 27.3 Å². The van der Waals surface area contributed by atoms with Crippen LogP contribution in [0.4, 0.5) is 5.13 Å². The van der Waals surface area contributed by atoms with E-state index in [1.54, 1.807) is 13.3 Å². The van der Waals surface area contributed by atoms with Crippen molar-refractivity contribution in [3.05, 3.63) is 52.6 Å². The summed E-state index contributed by atoms with van der Waals surface area (Å²) in [5, 5.41) is 13.3. The number of nitrogens with zero attached hydrogens (tertiary/aromatic N) is 3. The Balaban J connectivity index is 1.74. The van der Waals surface area contributed by atoms with Gasteiger partial charge in [-0.1, -0.05) is 23.5 Å². The molecule has 1 aromatic carbocycles. The third kappa shape index (κ3) is 3.68. The summed E-state index contributed by atoms with van der Waals surface area (Å²) in [6, 6.07) is 11.9. The Morgan fingerprint density at radius 1 is 1.22 bits per heavy atom. The van der Waals surface area contributed by atoms with E-state index < -0.39 is 0 Å². The number of hydrogen-bond acceptors (Lipinski definition) is 6. The lowest BCUT2D eigenvalue weighted by Gasteiger charge is -2.14. The van der Waals surface area contributed by atoms with Gasteiger partial charge in [-0.15, -0.1) is 10.2 Å². The molecule has 5 nitrogen and oxygen atoms in total. The molecule has 0 bridgehead atoms. The van der Waals surface area contributed by atoms with E-state index in [9.17, 15) is 0 Å². The molecule has 118 valence electrons. The molecule has 0 aliphatic heterocycles. The molecule has 7 heteroatoms. The number of halogens is 1. The number of methoxy groups -OCH3 is 1. The van der Waals surface area contributed by atoms with Crippen molar-refractivity contribution in [3.8, 4) is 16.5 Å². The minimum Gasteiger partial charge on any atom is -0.496 e. The molecule has 0 radical (unpaired) electrons.